The lowest BCUT2D eigenvalue weighted by Crippen LogP contribution is -2.13. The molecule has 194 valence electrons. The van der Waals surface area contributed by atoms with Crippen LogP contribution in [0.25, 0.3) is 31.8 Å². The third-order valence-corrected chi connectivity index (χ3v) is 8.15. The number of hydrogen-bond donors (Lipinski definition) is 1. The van der Waals surface area contributed by atoms with Gasteiger partial charge in [0, 0.05) is 11.6 Å². The number of carbonyl (C=O) groups excluding carboxylic acids is 2. The van der Waals surface area contributed by atoms with Crippen LogP contribution in [0.4, 0.5) is 10.5 Å². The van der Waals surface area contributed by atoms with Gasteiger partial charge in [-0.2, -0.15) is 0 Å². The largest absolute Gasteiger partial charge is 0.456 e. The van der Waals surface area contributed by atoms with Gasteiger partial charge in [-0.25, -0.2) is 9.78 Å². The zero-order valence-corrected chi connectivity index (χ0v) is 22.2. The summed E-state index contributed by atoms with van der Waals surface area (Å²) in [5.41, 5.74) is 6.34. The van der Waals surface area contributed by atoms with Crippen molar-refractivity contribution in [3.8, 4) is 21.6 Å². The molecule has 0 aliphatic heterocycles. The van der Waals surface area contributed by atoms with Gasteiger partial charge in [0.25, 0.3) is 6.47 Å². The predicted octanol–water partition coefficient (Wildman–Crippen LogP) is 7.85. The van der Waals surface area contributed by atoms with E-state index in [1.165, 1.54) is 11.3 Å². The summed E-state index contributed by atoms with van der Waals surface area (Å²) in [5, 5.41) is 3.87. The fraction of sp³-hybridized carbons (Fsp3) is 0.156. The van der Waals surface area contributed by atoms with E-state index >= 15 is 0 Å². The van der Waals surface area contributed by atoms with Crippen LogP contribution in [-0.2, 0) is 26.5 Å². The van der Waals surface area contributed by atoms with Crippen molar-refractivity contribution in [2.75, 3.05) is 5.32 Å². The van der Waals surface area contributed by atoms with Gasteiger partial charge < -0.3 is 9.47 Å². The number of pyridine rings is 1. The molecule has 2 aromatic heterocycles. The highest BCUT2D eigenvalue weighted by Crippen LogP contribution is 2.49. The molecule has 1 aliphatic carbocycles. The number of thiophene rings is 1. The number of carbonyl (C=O) groups is 2. The molecule has 0 atom stereocenters. The molecule has 1 amide bonds. The first-order chi connectivity index (χ1) is 19.0. The third kappa shape index (κ3) is 5.13. The minimum atomic E-state index is -0.509. The Morgan fingerprint density at radius 1 is 0.974 bits per heavy atom. The number of fused-ring (bicyclic) bond motifs is 1. The standard InChI is InChI=1S/C32H26N2O4S/c1-21-17-27-28(34-31(36)37-19-22-5-3-2-4-6-22)29(39-30(27)33-18-21)25-9-7-23(8-10-25)24-11-13-26(14-12-24)32(15-16-32)38-20-35/h2-14,17-18,20H,15-16,19H2,1H3,(H,34,36). The molecule has 3 aromatic carbocycles. The summed E-state index contributed by atoms with van der Waals surface area (Å²) in [7, 11) is 0. The molecule has 1 fully saturated rings. The highest BCUT2D eigenvalue weighted by Gasteiger charge is 2.46. The Balaban J connectivity index is 1.26. The lowest BCUT2D eigenvalue weighted by Gasteiger charge is -2.14. The number of aryl methyl sites for hydroxylation is 1. The van der Waals surface area contributed by atoms with Crippen LogP contribution in [0.5, 0.6) is 0 Å². The Kier molecular flexibility index (Phi) is 6.59. The Labute approximate surface area is 230 Å². The first kappa shape index (κ1) is 24.8. The van der Waals surface area contributed by atoms with Gasteiger partial charge >= 0.3 is 6.09 Å². The highest BCUT2D eigenvalue weighted by molar-refractivity contribution is 7.22. The molecule has 1 N–H and O–H groups in total. The number of aromatic nitrogens is 1. The summed E-state index contributed by atoms with van der Waals surface area (Å²) < 4.78 is 10.8. The fourth-order valence-corrected chi connectivity index (χ4v) is 5.82. The van der Waals surface area contributed by atoms with Crippen LogP contribution < -0.4 is 5.32 Å². The van der Waals surface area contributed by atoms with Crippen molar-refractivity contribution in [3.63, 3.8) is 0 Å². The maximum atomic E-state index is 12.8. The fourth-order valence-electron chi connectivity index (χ4n) is 4.74. The van der Waals surface area contributed by atoms with Gasteiger partial charge in [0.1, 0.15) is 17.0 Å². The van der Waals surface area contributed by atoms with Gasteiger partial charge in [-0.15, -0.1) is 11.3 Å². The molecule has 0 radical (unpaired) electrons. The molecule has 0 spiro atoms. The maximum Gasteiger partial charge on any atom is 0.412 e. The van der Waals surface area contributed by atoms with Gasteiger partial charge in [0.05, 0.1) is 10.6 Å². The molecule has 1 saturated carbocycles. The molecule has 5 aromatic rings. The van der Waals surface area contributed by atoms with Gasteiger partial charge in [0.2, 0.25) is 0 Å². The summed E-state index contributed by atoms with van der Waals surface area (Å²) in [4.78, 5) is 30.0. The minimum absolute atomic E-state index is 0.192. The third-order valence-electron chi connectivity index (χ3n) is 6.99. The first-order valence-corrected chi connectivity index (χ1v) is 13.6. The maximum absolute atomic E-state index is 12.8. The highest BCUT2D eigenvalue weighted by atomic mass is 32.1. The van der Waals surface area contributed by atoms with Crippen molar-refractivity contribution in [1.82, 2.24) is 4.98 Å². The van der Waals surface area contributed by atoms with Gasteiger partial charge in [-0.05, 0) is 59.2 Å². The molecule has 6 nitrogen and oxygen atoms in total. The summed E-state index contributed by atoms with van der Waals surface area (Å²) in [6, 6.07) is 28.1. The number of amides is 1. The second-order valence-electron chi connectivity index (χ2n) is 9.72. The minimum Gasteiger partial charge on any atom is -0.456 e. The molecule has 0 saturated heterocycles. The average Bonchev–Trinajstić information content (AvgIpc) is 3.68. The van der Waals surface area contributed by atoms with E-state index in [1.807, 2.05) is 61.7 Å². The van der Waals surface area contributed by atoms with Crippen molar-refractivity contribution in [1.29, 1.82) is 0 Å². The van der Waals surface area contributed by atoms with Gasteiger partial charge in [-0.1, -0.05) is 78.9 Å². The topological polar surface area (TPSA) is 77.5 Å². The summed E-state index contributed by atoms with van der Waals surface area (Å²) in [6.45, 7) is 2.71. The van der Waals surface area contributed by atoms with Crippen molar-refractivity contribution in [3.05, 3.63) is 108 Å². The number of hydrogen-bond acceptors (Lipinski definition) is 6. The van der Waals surface area contributed by atoms with E-state index in [4.69, 9.17) is 9.47 Å². The summed E-state index contributed by atoms with van der Waals surface area (Å²) in [5.74, 6) is 0. The molecule has 7 heteroatoms. The Morgan fingerprint density at radius 3 is 2.31 bits per heavy atom. The van der Waals surface area contributed by atoms with Crippen LogP contribution >= 0.6 is 11.3 Å². The van der Waals surface area contributed by atoms with Crippen molar-refractivity contribution < 1.29 is 19.1 Å². The SMILES string of the molecule is Cc1cnc2sc(-c3ccc(-c4ccc(C5(OC=O)CC5)cc4)cc3)c(NC(=O)OCc3ccccc3)c2c1. The van der Waals surface area contributed by atoms with Crippen LogP contribution in [0.15, 0.2) is 91.1 Å². The number of nitrogens with zero attached hydrogens (tertiary/aromatic N) is 1. The van der Waals surface area contributed by atoms with E-state index in [9.17, 15) is 9.59 Å². The molecule has 1 aliphatic rings. The van der Waals surface area contributed by atoms with E-state index in [2.05, 4.69) is 46.7 Å². The molecule has 39 heavy (non-hydrogen) atoms. The lowest BCUT2D eigenvalue weighted by atomic mass is 9.99. The van der Waals surface area contributed by atoms with E-state index in [0.29, 0.717) is 12.2 Å². The lowest BCUT2D eigenvalue weighted by molar-refractivity contribution is -0.136. The Bertz CT molecular complexity index is 1640. The van der Waals surface area contributed by atoms with Gasteiger partial charge in [0.15, 0.2) is 0 Å². The molecular formula is C32H26N2O4S. The van der Waals surface area contributed by atoms with E-state index < -0.39 is 11.7 Å². The van der Waals surface area contributed by atoms with Crippen LogP contribution in [-0.4, -0.2) is 17.5 Å². The smallest absolute Gasteiger partial charge is 0.412 e. The van der Waals surface area contributed by atoms with Crippen molar-refractivity contribution in [2.45, 2.75) is 32.0 Å². The van der Waals surface area contributed by atoms with Crippen LogP contribution in [0, 0.1) is 6.92 Å². The van der Waals surface area contributed by atoms with Gasteiger partial charge in [-0.3, -0.25) is 10.1 Å². The van der Waals surface area contributed by atoms with E-state index in [1.54, 1.807) is 0 Å². The van der Waals surface area contributed by atoms with Crippen molar-refractivity contribution >= 4 is 39.8 Å². The van der Waals surface area contributed by atoms with Crippen molar-refractivity contribution in [2.24, 2.45) is 0 Å². The molecule has 0 bridgehead atoms. The van der Waals surface area contributed by atoms with E-state index in [-0.39, 0.29) is 6.61 Å². The Hall–Kier alpha value is -4.49. The quantitative estimate of drug-likeness (QED) is 0.205. The summed E-state index contributed by atoms with van der Waals surface area (Å²) in [6.07, 6.45) is 3.04. The van der Waals surface area contributed by atoms with Crippen LogP contribution in [0.2, 0.25) is 0 Å². The molecule has 6 rings (SSSR count). The molecule has 0 unspecified atom stereocenters. The predicted molar refractivity (Wildman–Crippen MR) is 154 cm³/mol. The second kappa shape index (κ2) is 10.3. The average molecular weight is 535 g/mol. The summed E-state index contributed by atoms with van der Waals surface area (Å²) >= 11 is 1.54. The second-order valence-corrected chi connectivity index (χ2v) is 10.7. The number of rotatable bonds is 8. The molecule has 2 heterocycles. The zero-order chi connectivity index (χ0) is 26.8. The Morgan fingerprint density at radius 2 is 1.64 bits per heavy atom. The first-order valence-electron chi connectivity index (χ1n) is 12.7. The van der Waals surface area contributed by atoms with E-state index in [0.717, 1.165) is 61.3 Å². The van der Waals surface area contributed by atoms with Crippen LogP contribution in [0.3, 0.4) is 0 Å². The molecular weight excluding hydrogens is 508 g/mol. The number of benzene rings is 3. The number of ether oxygens (including phenoxy) is 2. The normalized spacial score (nSPS) is 13.6. The number of nitrogens with one attached hydrogen (secondary N) is 1. The monoisotopic (exact) mass is 534 g/mol. The van der Waals surface area contributed by atoms with Crippen LogP contribution in [0.1, 0.15) is 29.5 Å². The zero-order valence-electron chi connectivity index (χ0n) is 21.3. The number of anilines is 1.